The number of benzene rings is 1. The molecule has 1 fully saturated rings. The van der Waals surface area contributed by atoms with Gasteiger partial charge >= 0.3 is 0 Å². The molecule has 11 nitrogen and oxygen atoms in total. The molecule has 1 aromatic carbocycles. The number of aromatic nitrogens is 1. The van der Waals surface area contributed by atoms with Crippen molar-refractivity contribution in [3.63, 3.8) is 0 Å². The van der Waals surface area contributed by atoms with Crippen molar-refractivity contribution in [2.24, 2.45) is 0 Å². The molecule has 3 rings (SSSR count). The summed E-state index contributed by atoms with van der Waals surface area (Å²) in [6.45, 7) is 5.59. The molecular weight excluding hydrogens is 462 g/mol. The molecule has 1 aliphatic heterocycles. The quantitative estimate of drug-likeness (QED) is 0.420. The third kappa shape index (κ3) is 5.62. The molecule has 0 saturated carbocycles. The van der Waals surface area contributed by atoms with Gasteiger partial charge in [-0.15, -0.1) is 0 Å². The maximum absolute atomic E-state index is 13.2. The van der Waals surface area contributed by atoms with Crippen molar-refractivity contribution in [2.45, 2.75) is 44.6 Å². The molecule has 34 heavy (non-hydrogen) atoms. The Morgan fingerprint density at radius 2 is 1.79 bits per heavy atom. The van der Waals surface area contributed by atoms with Crippen LogP contribution in [0.5, 0.6) is 0 Å². The van der Waals surface area contributed by atoms with Crippen molar-refractivity contribution in [1.29, 1.82) is 0 Å². The van der Waals surface area contributed by atoms with Crippen LogP contribution in [-0.2, 0) is 21.4 Å². The monoisotopic (exact) mass is 491 g/mol. The second-order valence-electron chi connectivity index (χ2n) is 7.97. The Bertz CT molecular complexity index is 1220. The van der Waals surface area contributed by atoms with Crippen molar-refractivity contribution in [2.75, 3.05) is 36.4 Å². The first kappa shape index (κ1) is 25.4. The van der Waals surface area contributed by atoms with Gasteiger partial charge in [0.05, 0.1) is 27.4 Å². The molecule has 0 spiro atoms. The van der Waals surface area contributed by atoms with Crippen LogP contribution in [0.1, 0.15) is 33.1 Å². The molecule has 184 valence electrons. The molecule has 1 saturated heterocycles. The van der Waals surface area contributed by atoms with Crippen LogP contribution in [0, 0.1) is 10.1 Å². The van der Waals surface area contributed by atoms with Crippen molar-refractivity contribution in [3.8, 4) is 0 Å². The number of nitrogens with one attached hydrogen (secondary N) is 1. The third-order valence-corrected chi connectivity index (χ3v) is 7.69. The highest BCUT2D eigenvalue weighted by Gasteiger charge is 2.27. The molecular formula is C22H29N5O6S. The first-order chi connectivity index (χ1) is 16.2. The van der Waals surface area contributed by atoms with E-state index in [1.165, 1.54) is 16.4 Å². The summed E-state index contributed by atoms with van der Waals surface area (Å²) in [4.78, 5) is 37.3. The van der Waals surface area contributed by atoms with Crippen LogP contribution in [0.25, 0.3) is 0 Å². The fraction of sp³-hybridized carbons (Fsp3) is 0.455. The van der Waals surface area contributed by atoms with E-state index in [-0.39, 0.29) is 10.6 Å². The maximum Gasteiger partial charge on any atom is 0.285 e. The number of amides is 1. The van der Waals surface area contributed by atoms with Crippen molar-refractivity contribution < 1.29 is 18.1 Å². The zero-order valence-electron chi connectivity index (χ0n) is 19.3. The van der Waals surface area contributed by atoms with Crippen LogP contribution in [-0.4, -0.2) is 54.3 Å². The van der Waals surface area contributed by atoms with Crippen molar-refractivity contribution in [3.05, 3.63) is 57.0 Å². The van der Waals surface area contributed by atoms with E-state index in [1.807, 2.05) is 18.7 Å². The van der Waals surface area contributed by atoms with Gasteiger partial charge < -0.3 is 10.2 Å². The lowest BCUT2D eigenvalue weighted by molar-refractivity contribution is -0.385. The molecule has 1 N–H and O–H groups in total. The van der Waals surface area contributed by atoms with Crippen LogP contribution in [0.4, 0.5) is 17.1 Å². The molecule has 1 aliphatic rings. The van der Waals surface area contributed by atoms with E-state index in [1.54, 1.807) is 6.07 Å². The molecule has 0 atom stereocenters. The van der Waals surface area contributed by atoms with Gasteiger partial charge in [0.1, 0.15) is 6.54 Å². The number of nitrogens with zero attached hydrogens (tertiary/aromatic N) is 4. The van der Waals surface area contributed by atoms with Gasteiger partial charge in [-0.25, -0.2) is 8.42 Å². The number of pyridine rings is 1. The van der Waals surface area contributed by atoms with Gasteiger partial charge in [0, 0.05) is 38.3 Å². The Kier molecular flexibility index (Phi) is 8.05. The first-order valence-electron chi connectivity index (χ1n) is 11.2. The molecule has 12 heteroatoms. The van der Waals surface area contributed by atoms with Crippen LogP contribution < -0.4 is 15.8 Å². The molecule has 1 aromatic heterocycles. The Labute approximate surface area is 198 Å². The van der Waals surface area contributed by atoms with E-state index in [9.17, 15) is 28.1 Å². The van der Waals surface area contributed by atoms with Gasteiger partial charge in [-0.3, -0.25) is 24.3 Å². The lowest BCUT2D eigenvalue weighted by Crippen LogP contribution is -2.35. The number of anilines is 2. The van der Waals surface area contributed by atoms with Crippen LogP contribution in [0.15, 0.2) is 46.2 Å². The predicted octanol–water partition coefficient (Wildman–Crippen LogP) is 2.42. The van der Waals surface area contributed by atoms with Gasteiger partial charge in [-0.1, -0.05) is 6.42 Å². The smallest absolute Gasteiger partial charge is 0.285 e. The van der Waals surface area contributed by atoms with Crippen LogP contribution in [0.3, 0.4) is 0 Å². The minimum Gasteiger partial charge on any atom is -0.370 e. The number of carbonyl (C=O) groups is 1. The lowest BCUT2D eigenvalue weighted by Gasteiger charge is -2.28. The fourth-order valence-corrected chi connectivity index (χ4v) is 5.51. The van der Waals surface area contributed by atoms with E-state index in [0.717, 1.165) is 42.2 Å². The van der Waals surface area contributed by atoms with Gasteiger partial charge in [-0.2, -0.15) is 4.31 Å². The summed E-state index contributed by atoms with van der Waals surface area (Å²) in [5, 5.41) is 13.7. The average molecular weight is 492 g/mol. The molecule has 0 aliphatic carbocycles. The SMILES string of the molecule is CCN(CC)c1ccc(S(=O)(=O)N2CCCCC2)cc1NC(=O)Cn1cc([N+](=O)[O-])ccc1=O. The van der Waals surface area contributed by atoms with Gasteiger partial charge in [0.25, 0.3) is 11.2 Å². The number of piperidine rings is 1. The maximum atomic E-state index is 13.2. The van der Waals surface area contributed by atoms with Crippen LogP contribution >= 0.6 is 0 Å². The molecule has 0 radical (unpaired) electrons. The number of nitro groups is 1. The van der Waals surface area contributed by atoms with E-state index in [0.29, 0.717) is 37.6 Å². The summed E-state index contributed by atoms with van der Waals surface area (Å²) in [7, 11) is -3.72. The summed E-state index contributed by atoms with van der Waals surface area (Å²) in [5.74, 6) is -0.608. The molecule has 2 aromatic rings. The Morgan fingerprint density at radius 3 is 2.41 bits per heavy atom. The second kappa shape index (κ2) is 10.8. The minimum absolute atomic E-state index is 0.0770. The zero-order valence-corrected chi connectivity index (χ0v) is 20.1. The predicted molar refractivity (Wildman–Crippen MR) is 129 cm³/mol. The van der Waals surface area contributed by atoms with Crippen molar-refractivity contribution in [1.82, 2.24) is 8.87 Å². The van der Waals surface area contributed by atoms with Gasteiger partial charge in [0.2, 0.25) is 15.9 Å². The zero-order chi connectivity index (χ0) is 24.9. The van der Waals surface area contributed by atoms with E-state index < -0.39 is 33.0 Å². The lowest BCUT2D eigenvalue weighted by atomic mass is 10.2. The summed E-state index contributed by atoms with van der Waals surface area (Å²) in [6.07, 6.45) is 3.60. The van der Waals surface area contributed by atoms with Gasteiger partial charge in [0.15, 0.2) is 0 Å². The number of hydrogen-bond donors (Lipinski definition) is 1. The van der Waals surface area contributed by atoms with E-state index in [2.05, 4.69) is 5.32 Å². The number of sulfonamides is 1. The topological polar surface area (TPSA) is 135 Å². The summed E-state index contributed by atoms with van der Waals surface area (Å²) >= 11 is 0. The molecule has 0 bridgehead atoms. The summed E-state index contributed by atoms with van der Waals surface area (Å²) in [6, 6.07) is 6.74. The van der Waals surface area contributed by atoms with E-state index in [4.69, 9.17) is 0 Å². The standard InChI is InChI=1S/C22H29N5O6S/c1-3-24(4-2)20-10-9-18(34(32,33)26-12-6-5-7-13-26)14-19(20)23-21(28)16-25-15-17(27(30)31)8-11-22(25)29/h8-11,14-15H,3-7,12-13,16H2,1-2H3,(H,23,28). The highest BCUT2D eigenvalue weighted by atomic mass is 32.2. The second-order valence-corrected chi connectivity index (χ2v) is 9.91. The Morgan fingerprint density at radius 1 is 1.12 bits per heavy atom. The average Bonchev–Trinajstić information content (AvgIpc) is 2.82. The highest BCUT2D eigenvalue weighted by molar-refractivity contribution is 7.89. The minimum atomic E-state index is -3.72. The molecule has 0 unspecified atom stereocenters. The largest absolute Gasteiger partial charge is 0.370 e. The normalized spacial score (nSPS) is 14.5. The van der Waals surface area contributed by atoms with Crippen molar-refractivity contribution >= 4 is 33.0 Å². The fourth-order valence-electron chi connectivity index (χ4n) is 3.96. The first-order valence-corrected chi connectivity index (χ1v) is 12.6. The van der Waals surface area contributed by atoms with Gasteiger partial charge in [-0.05, 0) is 44.9 Å². The number of hydrogen-bond acceptors (Lipinski definition) is 7. The molecule has 2 heterocycles. The summed E-state index contributed by atoms with van der Waals surface area (Å²) in [5.41, 5.74) is 0.0598. The number of carbonyl (C=O) groups excluding carboxylic acids is 1. The molecule has 1 amide bonds. The van der Waals surface area contributed by atoms with E-state index >= 15 is 0 Å². The Balaban J connectivity index is 1.94. The van der Waals surface area contributed by atoms with Crippen LogP contribution in [0.2, 0.25) is 0 Å². The summed E-state index contributed by atoms with van der Waals surface area (Å²) < 4.78 is 28.7. The third-order valence-electron chi connectivity index (χ3n) is 5.79. The highest BCUT2D eigenvalue weighted by Crippen LogP contribution is 2.31. The Hall–Kier alpha value is -3.25. The number of rotatable bonds is 9.